The predicted molar refractivity (Wildman–Crippen MR) is 110 cm³/mol. The monoisotopic (exact) mass is 374 g/mol. The molecule has 150 valence electrons. The van der Waals surface area contributed by atoms with Crippen LogP contribution in [-0.2, 0) is 9.59 Å². The molecule has 6 nitrogen and oxygen atoms in total. The van der Waals surface area contributed by atoms with Crippen LogP contribution in [0.2, 0.25) is 0 Å². The van der Waals surface area contributed by atoms with E-state index in [1.165, 1.54) is 11.3 Å². The summed E-state index contributed by atoms with van der Waals surface area (Å²) < 4.78 is 0. The van der Waals surface area contributed by atoms with Crippen LogP contribution in [0.15, 0.2) is 24.3 Å². The van der Waals surface area contributed by atoms with Crippen molar-refractivity contribution in [2.24, 2.45) is 5.41 Å². The molecule has 0 bridgehead atoms. The van der Waals surface area contributed by atoms with Crippen molar-refractivity contribution in [1.82, 2.24) is 15.5 Å². The first-order valence-electron chi connectivity index (χ1n) is 9.85. The molecule has 2 amide bonds. The summed E-state index contributed by atoms with van der Waals surface area (Å²) in [7, 11) is 0. The molecule has 1 heterocycles. The lowest BCUT2D eigenvalue weighted by atomic mass is 9.96. The van der Waals surface area contributed by atoms with E-state index in [1.807, 2.05) is 20.8 Å². The van der Waals surface area contributed by atoms with Crippen molar-refractivity contribution >= 4 is 17.5 Å². The highest BCUT2D eigenvalue weighted by atomic mass is 16.2. The van der Waals surface area contributed by atoms with Crippen molar-refractivity contribution in [3.05, 3.63) is 29.8 Å². The van der Waals surface area contributed by atoms with Crippen molar-refractivity contribution in [2.75, 3.05) is 50.7 Å². The van der Waals surface area contributed by atoms with Gasteiger partial charge in [0.15, 0.2) is 0 Å². The van der Waals surface area contributed by atoms with Gasteiger partial charge in [0.25, 0.3) is 0 Å². The second kappa shape index (κ2) is 9.74. The van der Waals surface area contributed by atoms with Crippen molar-refractivity contribution in [1.29, 1.82) is 0 Å². The van der Waals surface area contributed by atoms with E-state index >= 15 is 0 Å². The minimum absolute atomic E-state index is 0.0469. The van der Waals surface area contributed by atoms with Crippen LogP contribution in [0.3, 0.4) is 0 Å². The Morgan fingerprint density at radius 3 is 2.41 bits per heavy atom. The Hall–Kier alpha value is -2.08. The molecule has 6 heteroatoms. The Labute approximate surface area is 163 Å². The molecule has 0 atom stereocenters. The summed E-state index contributed by atoms with van der Waals surface area (Å²) >= 11 is 0. The molecule has 1 aliphatic heterocycles. The number of rotatable bonds is 7. The summed E-state index contributed by atoms with van der Waals surface area (Å²) in [5, 5.41) is 5.55. The van der Waals surface area contributed by atoms with Crippen LogP contribution in [0, 0.1) is 12.3 Å². The number of carbonyl (C=O) groups excluding carboxylic acids is 2. The highest BCUT2D eigenvalue weighted by Crippen LogP contribution is 2.17. The average Bonchev–Trinajstić information content (AvgIpc) is 2.63. The molecule has 2 N–H and O–H groups in total. The highest BCUT2D eigenvalue weighted by Gasteiger charge is 2.21. The second-order valence-corrected chi connectivity index (χ2v) is 8.30. The van der Waals surface area contributed by atoms with E-state index in [0.29, 0.717) is 6.54 Å². The molecule has 0 aromatic heterocycles. The number of nitrogens with zero attached hydrogens (tertiary/aromatic N) is 2. The number of anilines is 1. The maximum Gasteiger partial charge on any atom is 0.239 e. The van der Waals surface area contributed by atoms with Gasteiger partial charge >= 0.3 is 0 Å². The maximum atomic E-state index is 11.8. The lowest BCUT2D eigenvalue weighted by Crippen LogP contribution is -2.47. The fraction of sp³-hybridized carbons (Fsp3) is 0.619. The Morgan fingerprint density at radius 1 is 1.07 bits per heavy atom. The first kappa shape index (κ1) is 21.2. The van der Waals surface area contributed by atoms with Crippen molar-refractivity contribution in [2.45, 2.75) is 34.1 Å². The van der Waals surface area contributed by atoms with Gasteiger partial charge in [-0.05, 0) is 37.6 Å². The molecule has 0 spiro atoms. The molecule has 1 saturated heterocycles. The van der Waals surface area contributed by atoms with Crippen LogP contribution < -0.4 is 15.5 Å². The zero-order valence-corrected chi connectivity index (χ0v) is 17.2. The van der Waals surface area contributed by atoms with Crippen LogP contribution >= 0.6 is 0 Å². The molecule has 0 radical (unpaired) electrons. The highest BCUT2D eigenvalue weighted by molar-refractivity contribution is 5.87. The molecule has 1 aliphatic rings. The van der Waals surface area contributed by atoms with Crippen LogP contribution in [-0.4, -0.2) is 62.5 Å². The molecule has 1 aromatic carbocycles. The van der Waals surface area contributed by atoms with Crippen LogP contribution in [0.4, 0.5) is 5.69 Å². The molecule has 0 saturated carbocycles. The van der Waals surface area contributed by atoms with E-state index in [1.54, 1.807) is 0 Å². The summed E-state index contributed by atoms with van der Waals surface area (Å²) in [6, 6.07) is 8.66. The number of carbonyl (C=O) groups is 2. The fourth-order valence-corrected chi connectivity index (χ4v) is 3.07. The van der Waals surface area contributed by atoms with Gasteiger partial charge in [0, 0.05) is 43.8 Å². The first-order valence-corrected chi connectivity index (χ1v) is 9.85. The third-order valence-corrected chi connectivity index (χ3v) is 4.80. The number of nitrogens with one attached hydrogen (secondary N) is 2. The molecular formula is C21H34N4O2. The topological polar surface area (TPSA) is 64.7 Å². The number of benzene rings is 1. The third-order valence-electron chi connectivity index (χ3n) is 4.80. The summed E-state index contributed by atoms with van der Waals surface area (Å²) in [5.74, 6) is -0.235. The van der Waals surface area contributed by atoms with Gasteiger partial charge in [-0.3, -0.25) is 14.5 Å². The number of aryl methyl sites for hydroxylation is 1. The van der Waals surface area contributed by atoms with E-state index in [-0.39, 0.29) is 18.4 Å². The molecule has 0 aliphatic carbocycles. The molecule has 2 rings (SSSR count). The van der Waals surface area contributed by atoms with E-state index in [4.69, 9.17) is 0 Å². The van der Waals surface area contributed by atoms with E-state index < -0.39 is 5.41 Å². The third kappa shape index (κ3) is 7.21. The number of amides is 2. The van der Waals surface area contributed by atoms with Gasteiger partial charge in [-0.15, -0.1) is 0 Å². The Morgan fingerprint density at radius 2 is 1.78 bits per heavy atom. The Balaban J connectivity index is 1.58. The Kier molecular flexibility index (Phi) is 7.66. The Bertz CT molecular complexity index is 631. The van der Waals surface area contributed by atoms with Crippen molar-refractivity contribution in [3.8, 4) is 0 Å². The van der Waals surface area contributed by atoms with Gasteiger partial charge in [-0.1, -0.05) is 32.9 Å². The minimum Gasteiger partial charge on any atom is -0.369 e. The van der Waals surface area contributed by atoms with Crippen LogP contribution in [0.25, 0.3) is 0 Å². The first-order chi connectivity index (χ1) is 12.8. The fourth-order valence-electron chi connectivity index (χ4n) is 3.07. The van der Waals surface area contributed by atoms with Gasteiger partial charge in [0.05, 0.1) is 6.54 Å². The number of piperazine rings is 1. The standard InChI is InChI=1S/C21H34N4O2/c1-17-7-5-8-18(15-17)25-13-11-24(12-14-25)10-6-9-22-19(26)16-23-20(27)21(2,3)4/h5,7-8,15H,6,9-14,16H2,1-4H3,(H,22,26)(H,23,27). The summed E-state index contributed by atoms with van der Waals surface area (Å²) in [6.07, 6.45) is 0.920. The van der Waals surface area contributed by atoms with E-state index in [2.05, 4.69) is 51.6 Å². The summed E-state index contributed by atoms with van der Waals surface area (Å²) in [5.41, 5.74) is 2.13. The van der Waals surface area contributed by atoms with Crippen LogP contribution in [0.5, 0.6) is 0 Å². The van der Waals surface area contributed by atoms with Crippen molar-refractivity contribution < 1.29 is 9.59 Å². The second-order valence-electron chi connectivity index (χ2n) is 8.30. The molecule has 1 fully saturated rings. The van der Waals surface area contributed by atoms with E-state index in [0.717, 1.165) is 39.1 Å². The molecule has 0 unspecified atom stereocenters. The van der Waals surface area contributed by atoms with Gasteiger partial charge in [0.1, 0.15) is 0 Å². The maximum absolute atomic E-state index is 11.8. The summed E-state index contributed by atoms with van der Waals surface area (Å²) in [4.78, 5) is 28.4. The zero-order chi connectivity index (χ0) is 19.9. The molecular weight excluding hydrogens is 340 g/mol. The lowest BCUT2D eigenvalue weighted by Gasteiger charge is -2.36. The van der Waals surface area contributed by atoms with Gasteiger partial charge < -0.3 is 15.5 Å². The predicted octanol–water partition coefficient (Wildman–Crippen LogP) is 1.79. The SMILES string of the molecule is Cc1cccc(N2CCN(CCCNC(=O)CNC(=O)C(C)(C)C)CC2)c1. The van der Waals surface area contributed by atoms with E-state index in [9.17, 15) is 9.59 Å². The van der Waals surface area contributed by atoms with Crippen molar-refractivity contribution in [3.63, 3.8) is 0 Å². The quantitative estimate of drug-likeness (QED) is 0.714. The smallest absolute Gasteiger partial charge is 0.239 e. The minimum atomic E-state index is -0.471. The van der Waals surface area contributed by atoms with Gasteiger partial charge in [0.2, 0.25) is 11.8 Å². The van der Waals surface area contributed by atoms with Gasteiger partial charge in [-0.2, -0.15) is 0 Å². The molecule has 1 aromatic rings. The largest absolute Gasteiger partial charge is 0.369 e. The average molecular weight is 375 g/mol. The summed E-state index contributed by atoms with van der Waals surface area (Å²) in [6.45, 7) is 13.5. The van der Waals surface area contributed by atoms with Crippen LogP contribution in [0.1, 0.15) is 32.8 Å². The lowest BCUT2D eigenvalue weighted by molar-refractivity contribution is -0.131. The number of hydrogen-bond donors (Lipinski definition) is 2. The normalized spacial score (nSPS) is 15.5. The number of hydrogen-bond acceptors (Lipinski definition) is 4. The van der Waals surface area contributed by atoms with Gasteiger partial charge in [-0.25, -0.2) is 0 Å². The zero-order valence-electron chi connectivity index (χ0n) is 17.2. The molecule has 27 heavy (non-hydrogen) atoms.